The summed E-state index contributed by atoms with van der Waals surface area (Å²) in [6.07, 6.45) is 0. The van der Waals surface area contributed by atoms with Crippen molar-refractivity contribution in [3.63, 3.8) is 0 Å². The Morgan fingerprint density at radius 1 is 1.19 bits per heavy atom. The van der Waals surface area contributed by atoms with E-state index in [-0.39, 0.29) is 5.84 Å². The van der Waals surface area contributed by atoms with Gasteiger partial charge in [-0.05, 0) is 42.0 Å². The summed E-state index contributed by atoms with van der Waals surface area (Å²) < 4.78 is 13.5. The van der Waals surface area contributed by atoms with Crippen molar-refractivity contribution in [2.75, 3.05) is 5.32 Å². The number of amidine groups is 1. The van der Waals surface area contributed by atoms with Gasteiger partial charge in [0.1, 0.15) is 5.82 Å². The molecule has 2 aromatic carbocycles. The predicted molar refractivity (Wildman–Crippen MR) is 82.7 cm³/mol. The van der Waals surface area contributed by atoms with Crippen molar-refractivity contribution in [3.8, 4) is 0 Å². The number of hydrogen-bond donors (Lipinski definition) is 3. The van der Waals surface area contributed by atoms with Crippen molar-refractivity contribution in [1.29, 1.82) is 0 Å². The standard InChI is InChI=1S/C14H12Cl2FN3O/c15-12-2-1-11(6-13(12)16)19-7-8-3-9(14(18)20-21)5-10(17)4-8/h1-6,19,21H,7H2,(H2,18,20). The number of hydrogen-bond acceptors (Lipinski definition) is 3. The Morgan fingerprint density at radius 3 is 2.62 bits per heavy atom. The third kappa shape index (κ3) is 4.00. The molecule has 0 amide bonds. The van der Waals surface area contributed by atoms with Crippen LogP contribution in [0, 0.1) is 5.82 Å². The van der Waals surface area contributed by atoms with Crippen molar-refractivity contribution < 1.29 is 9.60 Å². The van der Waals surface area contributed by atoms with Crippen molar-refractivity contribution >= 4 is 34.7 Å². The fourth-order valence-corrected chi connectivity index (χ4v) is 2.07. The first kappa shape index (κ1) is 15.4. The van der Waals surface area contributed by atoms with Crippen LogP contribution >= 0.6 is 23.2 Å². The van der Waals surface area contributed by atoms with E-state index < -0.39 is 5.82 Å². The summed E-state index contributed by atoms with van der Waals surface area (Å²) in [5, 5.41) is 15.5. The van der Waals surface area contributed by atoms with Crippen LogP contribution in [0.4, 0.5) is 10.1 Å². The molecule has 21 heavy (non-hydrogen) atoms. The summed E-state index contributed by atoms with van der Waals surface area (Å²) in [5.74, 6) is -0.615. The van der Waals surface area contributed by atoms with Crippen LogP contribution in [-0.4, -0.2) is 11.0 Å². The second-order valence-electron chi connectivity index (χ2n) is 4.32. The maximum absolute atomic E-state index is 13.5. The first-order chi connectivity index (χ1) is 9.99. The molecule has 0 bridgehead atoms. The minimum atomic E-state index is -0.468. The molecular weight excluding hydrogens is 316 g/mol. The molecule has 0 radical (unpaired) electrons. The van der Waals surface area contributed by atoms with E-state index in [4.69, 9.17) is 34.1 Å². The van der Waals surface area contributed by atoms with E-state index in [0.29, 0.717) is 27.7 Å². The lowest BCUT2D eigenvalue weighted by Crippen LogP contribution is -2.14. The number of benzene rings is 2. The summed E-state index contributed by atoms with van der Waals surface area (Å²) in [5.41, 5.74) is 7.16. The van der Waals surface area contributed by atoms with Crippen LogP contribution in [0.5, 0.6) is 0 Å². The highest BCUT2D eigenvalue weighted by molar-refractivity contribution is 6.42. The molecule has 110 valence electrons. The summed E-state index contributed by atoms with van der Waals surface area (Å²) in [4.78, 5) is 0. The minimum absolute atomic E-state index is 0.148. The average Bonchev–Trinajstić information content (AvgIpc) is 2.47. The smallest absolute Gasteiger partial charge is 0.170 e. The lowest BCUT2D eigenvalue weighted by Gasteiger charge is -2.09. The highest BCUT2D eigenvalue weighted by Gasteiger charge is 2.05. The van der Waals surface area contributed by atoms with Gasteiger partial charge in [0.25, 0.3) is 0 Å². The van der Waals surface area contributed by atoms with Crippen LogP contribution in [0.2, 0.25) is 10.0 Å². The molecule has 2 rings (SSSR count). The zero-order valence-electron chi connectivity index (χ0n) is 10.8. The molecule has 0 saturated carbocycles. The Balaban J connectivity index is 2.16. The third-order valence-corrected chi connectivity index (χ3v) is 3.52. The third-order valence-electron chi connectivity index (χ3n) is 2.78. The number of anilines is 1. The minimum Gasteiger partial charge on any atom is -0.409 e. The Hall–Kier alpha value is -1.98. The van der Waals surface area contributed by atoms with Crippen LogP contribution in [0.1, 0.15) is 11.1 Å². The van der Waals surface area contributed by atoms with Crippen LogP contribution in [0.25, 0.3) is 0 Å². The number of nitrogens with zero attached hydrogens (tertiary/aromatic N) is 1. The van der Waals surface area contributed by atoms with Gasteiger partial charge in [-0.2, -0.15) is 0 Å². The predicted octanol–water partition coefficient (Wildman–Crippen LogP) is 3.84. The van der Waals surface area contributed by atoms with Gasteiger partial charge in [0.05, 0.1) is 10.0 Å². The van der Waals surface area contributed by atoms with Gasteiger partial charge in [-0.3, -0.25) is 0 Å². The summed E-state index contributed by atoms with van der Waals surface area (Å²) in [7, 11) is 0. The van der Waals surface area contributed by atoms with E-state index in [9.17, 15) is 4.39 Å². The van der Waals surface area contributed by atoms with Crippen molar-refractivity contribution in [1.82, 2.24) is 0 Å². The number of nitrogens with one attached hydrogen (secondary N) is 1. The maximum Gasteiger partial charge on any atom is 0.170 e. The van der Waals surface area contributed by atoms with E-state index in [1.807, 2.05) is 0 Å². The van der Waals surface area contributed by atoms with E-state index >= 15 is 0 Å². The van der Waals surface area contributed by atoms with E-state index in [1.54, 1.807) is 24.3 Å². The van der Waals surface area contributed by atoms with E-state index in [1.165, 1.54) is 12.1 Å². The van der Waals surface area contributed by atoms with E-state index in [0.717, 1.165) is 5.69 Å². The largest absolute Gasteiger partial charge is 0.409 e. The van der Waals surface area contributed by atoms with Crippen molar-refractivity contribution in [3.05, 3.63) is 63.4 Å². The molecule has 0 aliphatic rings. The molecule has 0 atom stereocenters. The van der Waals surface area contributed by atoms with Crippen LogP contribution in [-0.2, 0) is 6.54 Å². The zero-order valence-corrected chi connectivity index (χ0v) is 12.3. The fourth-order valence-electron chi connectivity index (χ4n) is 1.77. The number of halogens is 3. The van der Waals surface area contributed by atoms with Crippen LogP contribution in [0.15, 0.2) is 41.6 Å². The van der Waals surface area contributed by atoms with Crippen molar-refractivity contribution in [2.45, 2.75) is 6.54 Å². The van der Waals surface area contributed by atoms with Gasteiger partial charge in [-0.25, -0.2) is 4.39 Å². The molecule has 0 heterocycles. The molecular formula is C14H12Cl2FN3O. The fraction of sp³-hybridized carbons (Fsp3) is 0.0714. The number of oxime groups is 1. The van der Waals surface area contributed by atoms with Gasteiger partial charge in [0, 0.05) is 17.8 Å². The van der Waals surface area contributed by atoms with Crippen molar-refractivity contribution in [2.24, 2.45) is 10.9 Å². The first-order valence-electron chi connectivity index (χ1n) is 5.96. The Morgan fingerprint density at radius 2 is 1.95 bits per heavy atom. The molecule has 0 fully saturated rings. The highest BCUT2D eigenvalue weighted by Crippen LogP contribution is 2.25. The zero-order chi connectivity index (χ0) is 15.4. The summed E-state index contributed by atoms with van der Waals surface area (Å²) in [6, 6.07) is 9.28. The second kappa shape index (κ2) is 6.65. The van der Waals surface area contributed by atoms with Gasteiger partial charge in [0.15, 0.2) is 5.84 Å². The molecule has 0 aromatic heterocycles. The molecule has 2 aromatic rings. The van der Waals surface area contributed by atoms with Gasteiger partial charge >= 0.3 is 0 Å². The topological polar surface area (TPSA) is 70.6 Å². The Kier molecular flexibility index (Phi) is 4.88. The van der Waals surface area contributed by atoms with Gasteiger partial charge < -0.3 is 16.3 Å². The second-order valence-corrected chi connectivity index (χ2v) is 5.13. The molecule has 0 spiro atoms. The number of nitrogens with two attached hydrogens (primary N) is 1. The maximum atomic E-state index is 13.5. The molecule has 0 aliphatic heterocycles. The molecule has 4 N–H and O–H groups in total. The lowest BCUT2D eigenvalue weighted by molar-refractivity contribution is 0.318. The average molecular weight is 328 g/mol. The molecule has 7 heteroatoms. The van der Waals surface area contributed by atoms with Crippen LogP contribution in [0.3, 0.4) is 0 Å². The molecule has 0 unspecified atom stereocenters. The number of rotatable bonds is 4. The molecule has 0 saturated heterocycles. The van der Waals surface area contributed by atoms with E-state index in [2.05, 4.69) is 10.5 Å². The SMILES string of the molecule is N/C(=N/O)c1cc(F)cc(CNc2ccc(Cl)c(Cl)c2)c1. The monoisotopic (exact) mass is 327 g/mol. The van der Waals surface area contributed by atoms with Gasteiger partial charge in [0.2, 0.25) is 0 Å². The van der Waals surface area contributed by atoms with Gasteiger partial charge in [-0.15, -0.1) is 0 Å². The molecule has 0 aliphatic carbocycles. The van der Waals surface area contributed by atoms with Gasteiger partial charge in [-0.1, -0.05) is 28.4 Å². The van der Waals surface area contributed by atoms with Crippen LogP contribution < -0.4 is 11.1 Å². The lowest BCUT2D eigenvalue weighted by atomic mass is 10.1. The summed E-state index contributed by atoms with van der Waals surface area (Å²) >= 11 is 11.7. The Bertz CT molecular complexity index is 692. The Labute approximate surface area is 131 Å². The quantitative estimate of drug-likeness (QED) is 0.346. The summed E-state index contributed by atoms with van der Waals surface area (Å²) in [6.45, 7) is 0.349. The normalized spacial score (nSPS) is 11.5. The highest BCUT2D eigenvalue weighted by atomic mass is 35.5. The molecule has 4 nitrogen and oxygen atoms in total. The first-order valence-corrected chi connectivity index (χ1v) is 6.71.